The summed E-state index contributed by atoms with van der Waals surface area (Å²) < 4.78 is 1.05. The van der Waals surface area contributed by atoms with Crippen LogP contribution in [0.2, 0.25) is 0 Å². The molecule has 0 spiro atoms. The van der Waals surface area contributed by atoms with E-state index in [-0.39, 0.29) is 18.1 Å². The third-order valence-electron chi connectivity index (χ3n) is 3.21. The summed E-state index contributed by atoms with van der Waals surface area (Å²) in [5, 5.41) is 8.81. The summed E-state index contributed by atoms with van der Waals surface area (Å²) in [7, 11) is 2.02. The Kier molecular flexibility index (Phi) is 5.80. The fourth-order valence-electron chi connectivity index (χ4n) is 2.15. The van der Waals surface area contributed by atoms with Crippen LogP contribution in [0.5, 0.6) is 0 Å². The summed E-state index contributed by atoms with van der Waals surface area (Å²) in [6, 6.07) is 10.7. The molecule has 0 saturated carbocycles. The minimum atomic E-state index is 0.00504. The molecule has 2 N–H and O–H groups in total. The van der Waals surface area contributed by atoms with Gasteiger partial charge < -0.3 is 5.73 Å². The van der Waals surface area contributed by atoms with E-state index in [9.17, 15) is 0 Å². The molecule has 3 unspecified atom stereocenters. The smallest absolute Gasteiger partial charge is 0.0638 e. The van der Waals surface area contributed by atoms with Gasteiger partial charge in [0.25, 0.3) is 0 Å². The molecule has 0 heterocycles. The van der Waals surface area contributed by atoms with E-state index >= 15 is 0 Å². The van der Waals surface area contributed by atoms with Gasteiger partial charge in [0.1, 0.15) is 0 Å². The average molecular weight is 310 g/mol. The lowest BCUT2D eigenvalue weighted by Gasteiger charge is -2.35. The fraction of sp³-hybridized carbons (Fsp3) is 0.500. The van der Waals surface area contributed by atoms with Crippen molar-refractivity contribution in [3.8, 4) is 6.07 Å². The summed E-state index contributed by atoms with van der Waals surface area (Å²) in [6.45, 7) is 4.05. The molecule has 0 aromatic heterocycles. The van der Waals surface area contributed by atoms with Crippen LogP contribution in [0, 0.1) is 11.3 Å². The first-order valence-corrected chi connectivity index (χ1v) is 6.86. The van der Waals surface area contributed by atoms with Gasteiger partial charge in [0, 0.05) is 22.6 Å². The number of nitrogens with zero attached hydrogens (tertiary/aromatic N) is 2. The normalized spacial score (nSPS) is 16.1. The maximum atomic E-state index is 8.81. The predicted octanol–water partition coefficient (Wildman–Crippen LogP) is 3.07. The number of nitriles is 1. The molecular weight excluding hydrogens is 290 g/mol. The minimum Gasteiger partial charge on any atom is -0.326 e. The second kappa shape index (κ2) is 6.89. The third-order valence-corrected chi connectivity index (χ3v) is 3.70. The molecule has 0 aliphatic carbocycles. The Hall–Kier alpha value is -0.890. The average Bonchev–Trinajstić information content (AvgIpc) is 2.29. The highest BCUT2D eigenvalue weighted by Crippen LogP contribution is 2.27. The van der Waals surface area contributed by atoms with Gasteiger partial charge in [-0.15, -0.1) is 0 Å². The molecule has 0 aliphatic rings. The molecule has 0 saturated heterocycles. The Balaban J connectivity index is 3.00. The molecule has 4 heteroatoms. The van der Waals surface area contributed by atoms with Crippen LogP contribution in [0.15, 0.2) is 28.7 Å². The minimum absolute atomic E-state index is 0.00504. The van der Waals surface area contributed by atoms with Crippen molar-refractivity contribution < 1.29 is 0 Å². The molecule has 0 aliphatic heterocycles. The van der Waals surface area contributed by atoms with Crippen molar-refractivity contribution in [2.45, 2.75) is 38.4 Å². The second-order valence-electron chi connectivity index (χ2n) is 4.74. The Morgan fingerprint density at radius 3 is 2.61 bits per heavy atom. The van der Waals surface area contributed by atoms with Crippen LogP contribution in [0.3, 0.4) is 0 Å². The van der Waals surface area contributed by atoms with E-state index in [2.05, 4.69) is 46.0 Å². The van der Waals surface area contributed by atoms with Crippen LogP contribution in [-0.2, 0) is 0 Å². The number of nitrogens with two attached hydrogens (primary N) is 1. The Bertz CT molecular complexity index is 425. The van der Waals surface area contributed by atoms with Crippen molar-refractivity contribution in [1.82, 2.24) is 4.90 Å². The molecule has 98 valence electrons. The number of hydrogen-bond donors (Lipinski definition) is 1. The van der Waals surface area contributed by atoms with E-state index in [4.69, 9.17) is 11.0 Å². The van der Waals surface area contributed by atoms with Gasteiger partial charge in [0.05, 0.1) is 12.5 Å². The Morgan fingerprint density at radius 2 is 2.11 bits per heavy atom. The van der Waals surface area contributed by atoms with Crippen LogP contribution in [0.25, 0.3) is 0 Å². The number of halogens is 1. The predicted molar refractivity (Wildman–Crippen MR) is 78.0 cm³/mol. The zero-order valence-electron chi connectivity index (χ0n) is 11.1. The third kappa shape index (κ3) is 3.81. The van der Waals surface area contributed by atoms with Gasteiger partial charge in [-0.25, -0.2) is 0 Å². The first-order valence-electron chi connectivity index (χ1n) is 6.07. The van der Waals surface area contributed by atoms with Crippen LogP contribution in [-0.4, -0.2) is 24.0 Å². The maximum Gasteiger partial charge on any atom is 0.0638 e. The lowest BCUT2D eigenvalue weighted by atomic mass is 9.98. The van der Waals surface area contributed by atoms with Gasteiger partial charge in [0.15, 0.2) is 0 Å². The van der Waals surface area contributed by atoms with Gasteiger partial charge in [-0.1, -0.05) is 28.1 Å². The molecular formula is C14H20BrN3. The first kappa shape index (κ1) is 15.2. The highest BCUT2D eigenvalue weighted by Gasteiger charge is 2.24. The molecule has 3 nitrogen and oxygen atoms in total. The standard InChI is InChI=1S/C14H20BrN3/c1-10(7-8-16)18(3)14(11(2)17)12-5-4-6-13(15)9-12/h4-6,9-11,14H,7,17H2,1-3H3. The summed E-state index contributed by atoms with van der Waals surface area (Å²) in [4.78, 5) is 2.18. The largest absolute Gasteiger partial charge is 0.326 e. The lowest BCUT2D eigenvalue weighted by molar-refractivity contribution is 0.167. The molecule has 3 atom stereocenters. The number of hydrogen-bond acceptors (Lipinski definition) is 3. The lowest BCUT2D eigenvalue weighted by Crippen LogP contribution is -2.41. The Morgan fingerprint density at radius 1 is 1.44 bits per heavy atom. The molecule has 0 amide bonds. The van der Waals surface area contributed by atoms with Crippen molar-refractivity contribution in [2.24, 2.45) is 5.73 Å². The molecule has 1 aromatic carbocycles. The highest BCUT2D eigenvalue weighted by atomic mass is 79.9. The molecule has 0 radical (unpaired) electrons. The Labute approximate surface area is 118 Å². The van der Waals surface area contributed by atoms with Crippen molar-refractivity contribution in [1.29, 1.82) is 5.26 Å². The van der Waals surface area contributed by atoms with Crippen molar-refractivity contribution in [2.75, 3.05) is 7.05 Å². The zero-order chi connectivity index (χ0) is 13.7. The highest BCUT2D eigenvalue weighted by molar-refractivity contribution is 9.10. The van der Waals surface area contributed by atoms with Crippen molar-refractivity contribution in [3.05, 3.63) is 34.3 Å². The summed E-state index contributed by atoms with van der Waals surface area (Å²) in [5.74, 6) is 0. The summed E-state index contributed by atoms with van der Waals surface area (Å²) in [5.41, 5.74) is 7.29. The van der Waals surface area contributed by atoms with Gasteiger partial charge >= 0.3 is 0 Å². The molecule has 0 bridgehead atoms. The van der Waals surface area contributed by atoms with Crippen molar-refractivity contribution >= 4 is 15.9 Å². The van der Waals surface area contributed by atoms with Gasteiger partial charge in [-0.2, -0.15) is 5.26 Å². The second-order valence-corrected chi connectivity index (χ2v) is 5.65. The maximum absolute atomic E-state index is 8.81. The number of benzene rings is 1. The molecule has 1 rings (SSSR count). The topological polar surface area (TPSA) is 53.0 Å². The van der Waals surface area contributed by atoms with E-state index < -0.39 is 0 Å². The van der Waals surface area contributed by atoms with Crippen molar-refractivity contribution in [3.63, 3.8) is 0 Å². The van der Waals surface area contributed by atoms with Gasteiger partial charge in [-0.05, 0) is 38.6 Å². The molecule has 0 fully saturated rings. The van der Waals surface area contributed by atoms with E-state index in [1.165, 1.54) is 5.56 Å². The van der Waals surface area contributed by atoms with E-state index in [0.29, 0.717) is 6.42 Å². The van der Waals surface area contributed by atoms with E-state index in [1.54, 1.807) is 0 Å². The number of likely N-dealkylation sites (N-methyl/N-ethyl adjacent to an activating group) is 1. The first-order chi connectivity index (χ1) is 8.47. The summed E-state index contributed by atoms with van der Waals surface area (Å²) >= 11 is 3.48. The summed E-state index contributed by atoms with van der Waals surface area (Å²) in [6.07, 6.45) is 0.508. The fourth-order valence-corrected chi connectivity index (χ4v) is 2.57. The van der Waals surface area contributed by atoms with Crippen LogP contribution < -0.4 is 5.73 Å². The monoisotopic (exact) mass is 309 g/mol. The zero-order valence-corrected chi connectivity index (χ0v) is 12.7. The van der Waals surface area contributed by atoms with Crippen LogP contribution >= 0.6 is 15.9 Å². The molecule has 1 aromatic rings. The van der Waals surface area contributed by atoms with E-state index in [1.807, 2.05) is 26.1 Å². The van der Waals surface area contributed by atoms with Crippen LogP contribution in [0.4, 0.5) is 0 Å². The number of rotatable bonds is 5. The quantitative estimate of drug-likeness (QED) is 0.909. The van der Waals surface area contributed by atoms with Gasteiger partial charge in [-0.3, -0.25) is 4.90 Å². The van der Waals surface area contributed by atoms with Crippen LogP contribution in [0.1, 0.15) is 31.9 Å². The van der Waals surface area contributed by atoms with Gasteiger partial charge in [0.2, 0.25) is 0 Å². The van der Waals surface area contributed by atoms with E-state index in [0.717, 1.165) is 4.47 Å². The SMILES string of the molecule is CC(N)C(c1cccc(Br)c1)N(C)C(C)CC#N. The molecule has 18 heavy (non-hydrogen) atoms.